The van der Waals surface area contributed by atoms with Gasteiger partial charge in [-0.1, -0.05) is 11.6 Å². The Balaban J connectivity index is 3.42. The van der Waals surface area contributed by atoms with Crippen LogP contribution in [0.3, 0.4) is 0 Å². The van der Waals surface area contributed by atoms with Crippen LogP contribution in [0.5, 0.6) is 5.75 Å². The molecule has 1 rings (SSSR count). The lowest BCUT2D eigenvalue weighted by molar-refractivity contribution is 0.464. The van der Waals surface area contributed by atoms with Crippen LogP contribution in [-0.2, 0) is 6.54 Å². The quantitative estimate of drug-likeness (QED) is 0.710. The van der Waals surface area contributed by atoms with Crippen molar-refractivity contribution < 1.29 is 9.50 Å². The lowest BCUT2D eigenvalue weighted by atomic mass is 10.1. The SMILES string of the molecule is Cc1c(F)cc(Cl)c(O)c1CN. The van der Waals surface area contributed by atoms with Crippen LogP contribution in [0.15, 0.2) is 6.07 Å². The molecule has 0 amide bonds. The highest BCUT2D eigenvalue weighted by molar-refractivity contribution is 6.32. The summed E-state index contributed by atoms with van der Waals surface area (Å²) in [5, 5.41) is 9.32. The molecular formula is C8H9ClFNO. The van der Waals surface area contributed by atoms with Gasteiger partial charge in [0.2, 0.25) is 0 Å². The Morgan fingerprint density at radius 3 is 2.75 bits per heavy atom. The summed E-state index contributed by atoms with van der Waals surface area (Å²) >= 11 is 5.52. The van der Waals surface area contributed by atoms with Gasteiger partial charge in [-0.05, 0) is 18.6 Å². The van der Waals surface area contributed by atoms with Gasteiger partial charge in [-0.3, -0.25) is 0 Å². The molecule has 0 bridgehead atoms. The summed E-state index contributed by atoms with van der Waals surface area (Å²) in [7, 11) is 0. The molecule has 0 saturated carbocycles. The van der Waals surface area contributed by atoms with Crippen molar-refractivity contribution in [2.45, 2.75) is 13.5 Å². The molecular weight excluding hydrogens is 181 g/mol. The first kappa shape index (κ1) is 9.29. The first-order valence-electron chi connectivity index (χ1n) is 3.44. The third-order valence-electron chi connectivity index (χ3n) is 1.78. The molecule has 1 aromatic rings. The molecule has 2 nitrogen and oxygen atoms in total. The Morgan fingerprint density at radius 2 is 2.25 bits per heavy atom. The number of hydrogen-bond donors (Lipinski definition) is 2. The Hall–Kier alpha value is -0.800. The van der Waals surface area contributed by atoms with Crippen LogP contribution >= 0.6 is 11.6 Å². The zero-order valence-corrected chi connectivity index (χ0v) is 7.32. The van der Waals surface area contributed by atoms with Crippen molar-refractivity contribution in [3.05, 3.63) is 28.0 Å². The van der Waals surface area contributed by atoms with Crippen LogP contribution in [-0.4, -0.2) is 5.11 Å². The van der Waals surface area contributed by atoms with Gasteiger partial charge in [-0.25, -0.2) is 4.39 Å². The highest BCUT2D eigenvalue weighted by atomic mass is 35.5. The van der Waals surface area contributed by atoms with Gasteiger partial charge in [0.25, 0.3) is 0 Å². The van der Waals surface area contributed by atoms with Gasteiger partial charge in [0.15, 0.2) is 0 Å². The minimum Gasteiger partial charge on any atom is -0.506 e. The predicted octanol–water partition coefficient (Wildman–Crippen LogP) is 1.95. The van der Waals surface area contributed by atoms with Crippen LogP contribution in [0, 0.1) is 12.7 Å². The molecule has 12 heavy (non-hydrogen) atoms. The molecule has 0 saturated heterocycles. The summed E-state index contributed by atoms with van der Waals surface area (Å²) in [5.74, 6) is -0.573. The lowest BCUT2D eigenvalue weighted by Gasteiger charge is -2.08. The zero-order chi connectivity index (χ0) is 9.30. The van der Waals surface area contributed by atoms with Crippen molar-refractivity contribution in [1.29, 1.82) is 0 Å². The number of halogens is 2. The number of nitrogens with two attached hydrogens (primary N) is 1. The minimum absolute atomic E-state index is 0.00134. The molecule has 0 unspecified atom stereocenters. The molecule has 0 heterocycles. The fourth-order valence-corrected chi connectivity index (χ4v) is 1.21. The standard InChI is InChI=1S/C8H9ClFNO/c1-4-5(3-11)8(12)6(9)2-7(4)10/h2,12H,3,11H2,1H3. The van der Waals surface area contributed by atoms with Crippen molar-refractivity contribution >= 4 is 11.6 Å². The van der Waals surface area contributed by atoms with E-state index >= 15 is 0 Å². The number of benzene rings is 1. The smallest absolute Gasteiger partial charge is 0.139 e. The van der Waals surface area contributed by atoms with E-state index in [4.69, 9.17) is 17.3 Å². The molecule has 0 aliphatic carbocycles. The van der Waals surface area contributed by atoms with Gasteiger partial charge in [-0.15, -0.1) is 0 Å². The molecule has 0 aliphatic rings. The molecule has 66 valence electrons. The van der Waals surface area contributed by atoms with Gasteiger partial charge >= 0.3 is 0 Å². The van der Waals surface area contributed by atoms with Gasteiger partial charge in [0.05, 0.1) is 5.02 Å². The van der Waals surface area contributed by atoms with Crippen LogP contribution < -0.4 is 5.73 Å². The number of aromatic hydroxyl groups is 1. The van der Waals surface area contributed by atoms with Gasteiger partial charge < -0.3 is 10.8 Å². The molecule has 0 spiro atoms. The van der Waals surface area contributed by atoms with E-state index in [0.29, 0.717) is 11.1 Å². The van der Waals surface area contributed by atoms with E-state index in [0.717, 1.165) is 6.07 Å². The highest BCUT2D eigenvalue weighted by Crippen LogP contribution is 2.31. The second kappa shape index (κ2) is 3.29. The molecule has 1 aromatic carbocycles. The van der Waals surface area contributed by atoms with E-state index in [9.17, 15) is 9.50 Å². The fraction of sp³-hybridized carbons (Fsp3) is 0.250. The topological polar surface area (TPSA) is 46.2 Å². The van der Waals surface area contributed by atoms with E-state index in [2.05, 4.69) is 0 Å². The van der Waals surface area contributed by atoms with E-state index in [1.165, 1.54) is 0 Å². The second-order valence-corrected chi connectivity index (χ2v) is 2.90. The maximum atomic E-state index is 13.0. The van der Waals surface area contributed by atoms with Crippen LogP contribution in [0.2, 0.25) is 5.02 Å². The Labute approximate surface area is 74.8 Å². The predicted molar refractivity (Wildman–Crippen MR) is 45.7 cm³/mol. The number of rotatable bonds is 1. The lowest BCUT2D eigenvalue weighted by Crippen LogP contribution is -2.01. The van der Waals surface area contributed by atoms with Gasteiger partial charge in [0, 0.05) is 12.1 Å². The van der Waals surface area contributed by atoms with Gasteiger partial charge in [-0.2, -0.15) is 0 Å². The summed E-state index contributed by atoms with van der Waals surface area (Å²) in [6.07, 6.45) is 0. The number of phenols is 1. The Kier molecular flexibility index (Phi) is 2.55. The first-order chi connectivity index (χ1) is 5.57. The van der Waals surface area contributed by atoms with E-state index < -0.39 is 5.82 Å². The van der Waals surface area contributed by atoms with E-state index in [1.807, 2.05) is 0 Å². The van der Waals surface area contributed by atoms with E-state index in [-0.39, 0.29) is 17.3 Å². The average Bonchev–Trinajstić information content (AvgIpc) is 2.02. The normalized spacial score (nSPS) is 10.3. The third-order valence-corrected chi connectivity index (χ3v) is 2.07. The summed E-state index contributed by atoms with van der Waals surface area (Å²) < 4.78 is 13.0. The van der Waals surface area contributed by atoms with Crippen LogP contribution in [0.25, 0.3) is 0 Å². The largest absolute Gasteiger partial charge is 0.506 e. The Bertz CT molecular complexity index is 288. The summed E-state index contributed by atoms with van der Waals surface area (Å²) in [4.78, 5) is 0. The molecule has 4 heteroatoms. The third kappa shape index (κ3) is 1.38. The molecule has 0 atom stereocenters. The van der Waals surface area contributed by atoms with Crippen molar-refractivity contribution in [2.75, 3.05) is 0 Å². The maximum absolute atomic E-state index is 13.0. The second-order valence-electron chi connectivity index (χ2n) is 2.50. The summed E-state index contributed by atoms with van der Waals surface area (Å²) in [5.41, 5.74) is 6.01. The highest BCUT2D eigenvalue weighted by Gasteiger charge is 2.11. The average molecular weight is 190 g/mol. The number of phenolic OH excluding ortho intramolecular Hbond substituents is 1. The molecule has 0 radical (unpaired) electrons. The summed E-state index contributed by atoms with van der Waals surface area (Å²) in [6, 6.07) is 1.07. The van der Waals surface area contributed by atoms with Crippen molar-refractivity contribution in [1.82, 2.24) is 0 Å². The van der Waals surface area contributed by atoms with Crippen LogP contribution in [0.4, 0.5) is 4.39 Å². The maximum Gasteiger partial charge on any atom is 0.139 e. The first-order valence-corrected chi connectivity index (χ1v) is 3.82. The fourth-order valence-electron chi connectivity index (χ4n) is 1.00. The van der Waals surface area contributed by atoms with Crippen LogP contribution in [0.1, 0.15) is 11.1 Å². The van der Waals surface area contributed by atoms with E-state index in [1.54, 1.807) is 6.92 Å². The zero-order valence-electron chi connectivity index (χ0n) is 6.56. The van der Waals surface area contributed by atoms with Crippen molar-refractivity contribution in [2.24, 2.45) is 5.73 Å². The molecule has 0 fully saturated rings. The van der Waals surface area contributed by atoms with Crippen molar-refractivity contribution in [3.63, 3.8) is 0 Å². The molecule has 0 aliphatic heterocycles. The van der Waals surface area contributed by atoms with Crippen molar-refractivity contribution in [3.8, 4) is 5.75 Å². The monoisotopic (exact) mass is 189 g/mol. The van der Waals surface area contributed by atoms with Gasteiger partial charge in [0.1, 0.15) is 11.6 Å². The minimum atomic E-state index is -0.446. The number of hydrogen-bond acceptors (Lipinski definition) is 2. The molecule has 0 aromatic heterocycles. The molecule has 3 N–H and O–H groups in total. The summed E-state index contributed by atoms with van der Waals surface area (Å²) in [6.45, 7) is 1.63. The Morgan fingerprint density at radius 1 is 1.67 bits per heavy atom.